The van der Waals surface area contributed by atoms with Gasteiger partial charge in [-0.2, -0.15) is 13.2 Å². The quantitative estimate of drug-likeness (QED) is 0.621. The molecule has 0 radical (unpaired) electrons. The fraction of sp³-hybridized carbons (Fsp3) is 0.455. The highest BCUT2D eigenvalue weighted by atomic mass is 19.4. The van der Waals surface area contributed by atoms with Gasteiger partial charge in [-0.15, -0.1) is 0 Å². The molecule has 1 rings (SSSR count). The summed E-state index contributed by atoms with van der Waals surface area (Å²) in [6, 6.07) is 3.60. The number of nitrogens with two attached hydrogens (primary N) is 1. The highest BCUT2D eigenvalue weighted by molar-refractivity contribution is 5.34. The second kappa shape index (κ2) is 4.84. The van der Waals surface area contributed by atoms with Crippen molar-refractivity contribution in [3.05, 3.63) is 34.9 Å². The summed E-state index contributed by atoms with van der Waals surface area (Å²) in [5.74, 6) is 5.34. The number of hydrazine groups is 1. The minimum absolute atomic E-state index is 0.109. The zero-order valence-electron chi connectivity index (χ0n) is 9.23. The van der Waals surface area contributed by atoms with E-state index in [2.05, 4.69) is 5.43 Å². The predicted molar refractivity (Wildman–Crippen MR) is 56.5 cm³/mol. The maximum absolute atomic E-state index is 12.4. The summed E-state index contributed by atoms with van der Waals surface area (Å²) in [5, 5.41) is 0. The number of hydrogen-bond acceptors (Lipinski definition) is 2. The first kappa shape index (κ1) is 13.0. The lowest BCUT2D eigenvalue weighted by Gasteiger charge is -2.18. The molecule has 3 N–H and O–H groups in total. The van der Waals surface area contributed by atoms with Gasteiger partial charge in [-0.25, -0.2) is 0 Å². The van der Waals surface area contributed by atoms with Crippen molar-refractivity contribution < 1.29 is 13.2 Å². The van der Waals surface area contributed by atoms with Crippen molar-refractivity contribution in [3.63, 3.8) is 0 Å². The number of hydrogen-bond donors (Lipinski definition) is 2. The van der Waals surface area contributed by atoms with Crippen molar-refractivity contribution in [3.8, 4) is 0 Å². The summed E-state index contributed by atoms with van der Waals surface area (Å²) in [6.45, 7) is 3.58. The monoisotopic (exact) mass is 232 g/mol. The van der Waals surface area contributed by atoms with Crippen molar-refractivity contribution in [1.29, 1.82) is 0 Å². The molecule has 90 valence electrons. The summed E-state index contributed by atoms with van der Waals surface area (Å²) in [4.78, 5) is 0. The molecular weight excluding hydrogens is 217 g/mol. The van der Waals surface area contributed by atoms with Gasteiger partial charge < -0.3 is 0 Å². The van der Waals surface area contributed by atoms with Crippen LogP contribution in [0.25, 0.3) is 0 Å². The van der Waals surface area contributed by atoms with Gasteiger partial charge in [0.25, 0.3) is 0 Å². The van der Waals surface area contributed by atoms with E-state index in [1.54, 1.807) is 6.92 Å². The molecule has 0 aromatic heterocycles. The van der Waals surface area contributed by atoms with Gasteiger partial charge >= 0.3 is 6.18 Å². The van der Waals surface area contributed by atoms with E-state index in [1.165, 1.54) is 6.07 Å². The number of alkyl halides is 3. The van der Waals surface area contributed by atoms with Gasteiger partial charge in [0.1, 0.15) is 0 Å². The van der Waals surface area contributed by atoms with Crippen LogP contribution in [0, 0.1) is 6.92 Å². The predicted octanol–water partition coefficient (Wildman–Crippen LogP) is 2.93. The fourth-order valence-corrected chi connectivity index (χ4v) is 1.67. The zero-order valence-corrected chi connectivity index (χ0v) is 9.23. The molecule has 5 heteroatoms. The first-order valence-electron chi connectivity index (χ1n) is 5.04. The average Bonchev–Trinajstić information content (AvgIpc) is 2.20. The molecule has 1 unspecified atom stereocenters. The third kappa shape index (κ3) is 2.74. The van der Waals surface area contributed by atoms with Gasteiger partial charge in [-0.1, -0.05) is 13.0 Å². The maximum Gasteiger partial charge on any atom is 0.416 e. The van der Waals surface area contributed by atoms with Crippen LogP contribution in [-0.2, 0) is 6.18 Å². The van der Waals surface area contributed by atoms with E-state index in [0.717, 1.165) is 24.1 Å². The third-order valence-corrected chi connectivity index (χ3v) is 2.58. The molecule has 0 aliphatic rings. The Labute approximate surface area is 92.6 Å². The maximum atomic E-state index is 12.4. The Hall–Kier alpha value is -1.07. The lowest BCUT2D eigenvalue weighted by Crippen LogP contribution is -2.28. The SMILES string of the molecule is CCC(NN)c1ccc(C(F)(F)F)cc1C. The number of nitrogens with one attached hydrogen (secondary N) is 1. The van der Waals surface area contributed by atoms with Crippen LogP contribution in [-0.4, -0.2) is 0 Å². The van der Waals surface area contributed by atoms with E-state index in [4.69, 9.17) is 5.84 Å². The fourth-order valence-electron chi connectivity index (χ4n) is 1.67. The normalized spacial score (nSPS) is 13.9. The van der Waals surface area contributed by atoms with E-state index in [1.807, 2.05) is 6.92 Å². The molecule has 2 nitrogen and oxygen atoms in total. The number of benzene rings is 1. The zero-order chi connectivity index (χ0) is 12.3. The van der Waals surface area contributed by atoms with Crippen molar-refractivity contribution in [1.82, 2.24) is 5.43 Å². The summed E-state index contributed by atoms with van der Waals surface area (Å²) < 4.78 is 37.3. The number of halogens is 3. The molecule has 1 atom stereocenters. The van der Waals surface area contributed by atoms with Gasteiger partial charge in [-0.3, -0.25) is 11.3 Å². The molecular formula is C11H15F3N2. The Morgan fingerprint density at radius 2 is 2.00 bits per heavy atom. The highest BCUT2D eigenvalue weighted by Gasteiger charge is 2.30. The summed E-state index contributed by atoms with van der Waals surface area (Å²) >= 11 is 0. The summed E-state index contributed by atoms with van der Waals surface area (Å²) in [6.07, 6.45) is -3.57. The number of rotatable bonds is 3. The average molecular weight is 232 g/mol. The van der Waals surface area contributed by atoms with Gasteiger partial charge in [0.15, 0.2) is 0 Å². The summed E-state index contributed by atoms with van der Waals surface area (Å²) in [7, 11) is 0. The van der Waals surface area contributed by atoms with Crippen molar-refractivity contribution in [2.75, 3.05) is 0 Å². The van der Waals surface area contributed by atoms with Crippen LogP contribution >= 0.6 is 0 Å². The molecule has 0 amide bonds. The van der Waals surface area contributed by atoms with E-state index < -0.39 is 11.7 Å². The first-order chi connectivity index (χ1) is 7.40. The first-order valence-corrected chi connectivity index (χ1v) is 5.04. The van der Waals surface area contributed by atoms with E-state index in [-0.39, 0.29) is 6.04 Å². The Bertz CT molecular complexity index is 357. The second-order valence-electron chi connectivity index (χ2n) is 3.70. The minimum Gasteiger partial charge on any atom is -0.271 e. The van der Waals surface area contributed by atoms with Crippen LogP contribution in [0.15, 0.2) is 18.2 Å². The third-order valence-electron chi connectivity index (χ3n) is 2.58. The van der Waals surface area contributed by atoms with Crippen molar-refractivity contribution in [2.45, 2.75) is 32.5 Å². The molecule has 0 fully saturated rings. The molecule has 0 aliphatic carbocycles. The molecule has 1 aromatic rings. The van der Waals surface area contributed by atoms with Crippen LogP contribution < -0.4 is 11.3 Å². The van der Waals surface area contributed by atoms with Crippen LogP contribution in [0.4, 0.5) is 13.2 Å². The van der Waals surface area contributed by atoms with Gasteiger partial charge in [-0.05, 0) is 36.6 Å². The van der Waals surface area contributed by atoms with Crippen LogP contribution in [0.3, 0.4) is 0 Å². The molecule has 0 heterocycles. The topological polar surface area (TPSA) is 38.0 Å². The highest BCUT2D eigenvalue weighted by Crippen LogP contribution is 2.31. The molecule has 1 aromatic carbocycles. The van der Waals surface area contributed by atoms with Crippen molar-refractivity contribution in [2.24, 2.45) is 5.84 Å². The smallest absolute Gasteiger partial charge is 0.271 e. The van der Waals surface area contributed by atoms with Crippen LogP contribution in [0.2, 0.25) is 0 Å². The Morgan fingerprint density at radius 1 is 1.38 bits per heavy atom. The van der Waals surface area contributed by atoms with Gasteiger partial charge in [0.05, 0.1) is 5.56 Å². The van der Waals surface area contributed by atoms with Gasteiger partial charge in [0, 0.05) is 6.04 Å². The van der Waals surface area contributed by atoms with Gasteiger partial charge in [0.2, 0.25) is 0 Å². The largest absolute Gasteiger partial charge is 0.416 e. The lowest BCUT2D eigenvalue weighted by atomic mass is 9.97. The molecule has 16 heavy (non-hydrogen) atoms. The summed E-state index contributed by atoms with van der Waals surface area (Å²) in [5.41, 5.74) is 3.36. The van der Waals surface area contributed by atoms with Crippen LogP contribution in [0.5, 0.6) is 0 Å². The second-order valence-corrected chi connectivity index (χ2v) is 3.70. The number of aryl methyl sites for hydroxylation is 1. The Kier molecular flexibility index (Phi) is 3.93. The molecule has 0 spiro atoms. The Balaban J connectivity index is 3.09. The molecule has 0 saturated heterocycles. The Morgan fingerprint density at radius 3 is 2.38 bits per heavy atom. The van der Waals surface area contributed by atoms with E-state index in [9.17, 15) is 13.2 Å². The van der Waals surface area contributed by atoms with E-state index in [0.29, 0.717) is 5.56 Å². The molecule has 0 saturated carbocycles. The molecule has 0 aliphatic heterocycles. The van der Waals surface area contributed by atoms with Crippen molar-refractivity contribution >= 4 is 0 Å². The van der Waals surface area contributed by atoms with E-state index >= 15 is 0 Å². The van der Waals surface area contributed by atoms with Crippen LogP contribution in [0.1, 0.15) is 36.1 Å². The lowest BCUT2D eigenvalue weighted by molar-refractivity contribution is -0.137. The minimum atomic E-state index is -4.29. The molecule has 0 bridgehead atoms. The standard InChI is InChI=1S/C11H15F3N2/c1-3-10(16-15)9-5-4-8(6-7(9)2)11(12,13)14/h4-6,10,16H,3,15H2,1-2H3.